The van der Waals surface area contributed by atoms with Crippen LogP contribution in [0.1, 0.15) is 25.7 Å². The highest BCUT2D eigenvalue weighted by atomic mass is 15.3. The van der Waals surface area contributed by atoms with Crippen molar-refractivity contribution in [3.8, 4) is 0 Å². The first-order chi connectivity index (χ1) is 9.79. The van der Waals surface area contributed by atoms with Gasteiger partial charge >= 0.3 is 0 Å². The molecule has 0 radical (unpaired) electrons. The Kier molecular flexibility index (Phi) is 3.83. The van der Waals surface area contributed by atoms with E-state index >= 15 is 0 Å². The molecule has 0 bridgehead atoms. The van der Waals surface area contributed by atoms with Gasteiger partial charge < -0.3 is 10.6 Å². The van der Waals surface area contributed by atoms with Gasteiger partial charge in [0.2, 0.25) is 5.95 Å². The lowest BCUT2D eigenvalue weighted by atomic mass is 9.84. The van der Waals surface area contributed by atoms with Crippen molar-refractivity contribution < 1.29 is 0 Å². The van der Waals surface area contributed by atoms with E-state index in [1.54, 1.807) is 0 Å². The lowest BCUT2D eigenvalue weighted by molar-refractivity contribution is 0.304. The predicted molar refractivity (Wildman–Crippen MR) is 82.7 cm³/mol. The Morgan fingerprint density at radius 3 is 2.90 bits per heavy atom. The lowest BCUT2D eigenvalue weighted by Gasteiger charge is -2.37. The van der Waals surface area contributed by atoms with E-state index in [4.69, 9.17) is 10.7 Å². The fraction of sp³-hybridized carbons (Fsp3) is 0.500. The van der Waals surface area contributed by atoms with E-state index in [2.05, 4.69) is 16.9 Å². The molecule has 1 aliphatic carbocycles. The molecule has 0 spiro atoms. The molecule has 1 fully saturated rings. The highest BCUT2D eigenvalue weighted by Crippen LogP contribution is 2.29. The average molecular weight is 270 g/mol. The average Bonchev–Trinajstić information content (AvgIpc) is 2.53. The number of fused-ring (bicyclic) bond motifs is 1. The molecular weight excluding hydrogens is 248 g/mol. The van der Waals surface area contributed by atoms with Gasteiger partial charge in [0.05, 0.1) is 5.52 Å². The molecule has 2 unspecified atom stereocenters. The van der Waals surface area contributed by atoms with E-state index < -0.39 is 0 Å². The minimum Gasteiger partial charge on any atom is -0.341 e. The summed E-state index contributed by atoms with van der Waals surface area (Å²) in [5.41, 5.74) is 6.94. The molecule has 1 heterocycles. The number of hydrogen-bond donors (Lipinski definition) is 1. The molecule has 1 saturated carbocycles. The molecule has 2 N–H and O–H groups in total. The number of hydrogen-bond acceptors (Lipinski definition) is 4. The molecule has 20 heavy (non-hydrogen) atoms. The van der Waals surface area contributed by atoms with Crippen LogP contribution in [-0.4, -0.2) is 29.6 Å². The van der Waals surface area contributed by atoms with Crippen LogP contribution in [0, 0.1) is 5.92 Å². The summed E-state index contributed by atoms with van der Waals surface area (Å²) in [6, 6.07) is 8.58. The van der Waals surface area contributed by atoms with Crippen molar-refractivity contribution in [2.45, 2.75) is 31.7 Å². The fourth-order valence-corrected chi connectivity index (χ4v) is 3.25. The van der Waals surface area contributed by atoms with Crippen LogP contribution in [0.5, 0.6) is 0 Å². The second kappa shape index (κ2) is 5.75. The van der Waals surface area contributed by atoms with Crippen LogP contribution in [-0.2, 0) is 0 Å². The Morgan fingerprint density at radius 2 is 2.05 bits per heavy atom. The maximum Gasteiger partial charge on any atom is 0.225 e. The first kappa shape index (κ1) is 13.3. The quantitative estimate of drug-likeness (QED) is 0.931. The molecule has 0 saturated heterocycles. The SMILES string of the molecule is CN(c1ncc2ccccc2n1)C1CCCCC1CN. The van der Waals surface area contributed by atoms with E-state index in [0.29, 0.717) is 12.0 Å². The number of rotatable bonds is 3. The molecule has 4 heteroatoms. The van der Waals surface area contributed by atoms with Gasteiger partial charge in [-0.1, -0.05) is 31.0 Å². The minimum absolute atomic E-state index is 0.468. The van der Waals surface area contributed by atoms with Crippen molar-refractivity contribution in [1.29, 1.82) is 0 Å². The third kappa shape index (κ3) is 2.48. The third-order valence-electron chi connectivity index (χ3n) is 4.46. The molecule has 4 nitrogen and oxygen atoms in total. The van der Waals surface area contributed by atoms with Crippen LogP contribution in [0.15, 0.2) is 30.5 Å². The number of aromatic nitrogens is 2. The third-order valence-corrected chi connectivity index (χ3v) is 4.46. The summed E-state index contributed by atoms with van der Waals surface area (Å²) in [5, 5.41) is 1.09. The van der Waals surface area contributed by atoms with Crippen LogP contribution in [0.3, 0.4) is 0 Å². The Morgan fingerprint density at radius 1 is 1.25 bits per heavy atom. The van der Waals surface area contributed by atoms with Gasteiger partial charge in [-0.15, -0.1) is 0 Å². The predicted octanol–water partition coefficient (Wildman–Crippen LogP) is 2.58. The number of benzene rings is 1. The van der Waals surface area contributed by atoms with E-state index in [1.807, 2.05) is 30.5 Å². The fourth-order valence-electron chi connectivity index (χ4n) is 3.25. The second-order valence-electron chi connectivity index (χ2n) is 5.69. The summed E-state index contributed by atoms with van der Waals surface area (Å²) >= 11 is 0. The normalized spacial score (nSPS) is 22.9. The summed E-state index contributed by atoms with van der Waals surface area (Å²) < 4.78 is 0. The molecule has 1 aromatic carbocycles. The summed E-state index contributed by atoms with van der Waals surface area (Å²) in [5.74, 6) is 1.37. The molecule has 1 aromatic heterocycles. The molecule has 1 aliphatic rings. The maximum absolute atomic E-state index is 5.93. The number of para-hydroxylation sites is 1. The minimum atomic E-state index is 0.468. The van der Waals surface area contributed by atoms with Gasteiger partial charge in [0.1, 0.15) is 0 Å². The van der Waals surface area contributed by atoms with Gasteiger partial charge in [0.25, 0.3) is 0 Å². The van der Waals surface area contributed by atoms with Crippen molar-refractivity contribution in [3.63, 3.8) is 0 Å². The van der Waals surface area contributed by atoms with Crippen LogP contribution in [0.4, 0.5) is 5.95 Å². The van der Waals surface area contributed by atoms with E-state index in [9.17, 15) is 0 Å². The number of nitrogens with zero attached hydrogens (tertiary/aromatic N) is 3. The zero-order valence-electron chi connectivity index (χ0n) is 12.0. The van der Waals surface area contributed by atoms with Crippen molar-refractivity contribution in [2.24, 2.45) is 11.7 Å². The van der Waals surface area contributed by atoms with Crippen LogP contribution >= 0.6 is 0 Å². The van der Waals surface area contributed by atoms with Crippen LogP contribution in [0.2, 0.25) is 0 Å². The van der Waals surface area contributed by atoms with Crippen LogP contribution in [0.25, 0.3) is 10.9 Å². The zero-order valence-corrected chi connectivity index (χ0v) is 12.0. The second-order valence-corrected chi connectivity index (χ2v) is 5.69. The van der Waals surface area contributed by atoms with Gasteiger partial charge in [-0.05, 0) is 31.4 Å². The van der Waals surface area contributed by atoms with Gasteiger partial charge in [-0.25, -0.2) is 9.97 Å². The molecular formula is C16H22N4. The highest BCUT2D eigenvalue weighted by Gasteiger charge is 2.28. The summed E-state index contributed by atoms with van der Waals surface area (Å²) in [6.45, 7) is 0.753. The summed E-state index contributed by atoms with van der Waals surface area (Å²) in [6.07, 6.45) is 6.89. The number of anilines is 1. The van der Waals surface area contributed by atoms with Gasteiger partial charge in [0.15, 0.2) is 0 Å². The zero-order chi connectivity index (χ0) is 13.9. The Hall–Kier alpha value is -1.68. The van der Waals surface area contributed by atoms with Crippen molar-refractivity contribution in [1.82, 2.24) is 9.97 Å². The van der Waals surface area contributed by atoms with Crippen molar-refractivity contribution in [2.75, 3.05) is 18.5 Å². The Balaban J connectivity index is 1.89. The van der Waals surface area contributed by atoms with Gasteiger partial charge in [0, 0.05) is 24.7 Å². The topological polar surface area (TPSA) is 55.0 Å². The molecule has 106 valence electrons. The molecule has 3 rings (SSSR count). The largest absolute Gasteiger partial charge is 0.341 e. The standard InChI is InChI=1S/C16H22N4/c1-20(15-9-5-3-6-12(15)10-17)16-18-11-13-7-2-4-8-14(13)19-16/h2,4,7-8,11-12,15H,3,5-6,9-10,17H2,1H3. The Bertz CT molecular complexity index is 583. The molecule has 0 amide bonds. The van der Waals surface area contributed by atoms with Crippen LogP contribution < -0.4 is 10.6 Å². The first-order valence-corrected chi connectivity index (χ1v) is 7.44. The summed E-state index contributed by atoms with van der Waals surface area (Å²) in [7, 11) is 2.10. The van der Waals surface area contributed by atoms with Crippen molar-refractivity contribution in [3.05, 3.63) is 30.5 Å². The lowest BCUT2D eigenvalue weighted by Crippen LogP contribution is -2.43. The van der Waals surface area contributed by atoms with Gasteiger partial charge in [-0.2, -0.15) is 0 Å². The molecule has 2 aromatic rings. The van der Waals surface area contributed by atoms with Crippen molar-refractivity contribution >= 4 is 16.9 Å². The van der Waals surface area contributed by atoms with E-state index in [0.717, 1.165) is 23.4 Å². The van der Waals surface area contributed by atoms with E-state index in [-0.39, 0.29) is 0 Å². The smallest absolute Gasteiger partial charge is 0.225 e. The first-order valence-electron chi connectivity index (χ1n) is 7.44. The number of nitrogens with two attached hydrogens (primary N) is 1. The Labute approximate surface area is 120 Å². The maximum atomic E-state index is 5.93. The molecule has 2 atom stereocenters. The molecule has 0 aliphatic heterocycles. The summed E-state index contributed by atoms with van der Waals surface area (Å²) in [4.78, 5) is 11.4. The monoisotopic (exact) mass is 270 g/mol. The highest BCUT2D eigenvalue weighted by molar-refractivity contribution is 5.78. The van der Waals surface area contributed by atoms with E-state index in [1.165, 1.54) is 25.7 Å². The van der Waals surface area contributed by atoms with Gasteiger partial charge in [-0.3, -0.25) is 0 Å².